The van der Waals surface area contributed by atoms with E-state index in [1.54, 1.807) is 13.4 Å². The van der Waals surface area contributed by atoms with E-state index >= 15 is 0 Å². The van der Waals surface area contributed by atoms with Crippen molar-refractivity contribution in [2.75, 3.05) is 12.4 Å². The van der Waals surface area contributed by atoms with Crippen molar-refractivity contribution in [1.82, 2.24) is 9.97 Å². The van der Waals surface area contributed by atoms with E-state index < -0.39 is 0 Å². The molecule has 0 unspecified atom stereocenters. The van der Waals surface area contributed by atoms with Crippen LogP contribution in [0.5, 0.6) is 5.75 Å². The van der Waals surface area contributed by atoms with Crippen molar-refractivity contribution in [3.63, 3.8) is 0 Å². The molecule has 0 aliphatic carbocycles. The van der Waals surface area contributed by atoms with Gasteiger partial charge in [-0.1, -0.05) is 0 Å². The molecule has 3 aromatic rings. The Hall–Kier alpha value is -2.27. The summed E-state index contributed by atoms with van der Waals surface area (Å²) in [5.41, 5.74) is 0.728. The Labute approximate surface area is 120 Å². The van der Waals surface area contributed by atoms with Crippen molar-refractivity contribution >= 4 is 28.3 Å². The first-order valence-corrected chi connectivity index (χ1v) is 6.41. The first-order valence-electron chi connectivity index (χ1n) is 6.04. The summed E-state index contributed by atoms with van der Waals surface area (Å²) in [5, 5.41) is 4.26. The van der Waals surface area contributed by atoms with E-state index in [9.17, 15) is 0 Å². The van der Waals surface area contributed by atoms with E-state index in [1.807, 2.05) is 30.3 Å². The molecule has 0 bridgehead atoms. The van der Waals surface area contributed by atoms with Crippen LogP contribution in [0.4, 0.5) is 5.82 Å². The van der Waals surface area contributed by atoms with E-state index in [0.717, 1.165) is 22.4 Å². The molecule has 0 fully saturated rings. The molecule has 0 spiro atoms. The van der Waals surface area contributed by atoms with Crippen molar-refractivity contribution in [3.8, 4) is 5.75 Å². The van der Waals surface area contributed by atoms with Crippen LogP contribution in [0, 0.1) is 0 Å². The number of furan rings is 1. The summed E-state index contributed by atoms with van der Waals surface area (Å²) in [6.45, 7) is 0.529. The first kappa shape index (κ1) is 12.7. The largest absolute Gasteiger partial charge is 0.497 e. The third kappa shape index (κ3) is 2.53. The van der Waals surface area contributed by atoms with E-state index in [-0.39, 0.29) is 5.28 Å². The molecule has 0 amide bonds. The second-order valence-corrected chi connectivity index (χ2v) is 4.50. The topological polar surface area (TPSA) is 60.2 Å². The van der Waals surface area contributed by atoms with Crippen LogP contribution in [0.25, 0.3) is 10.9 Å². The molecule has 3 rings (SSSR count). The van der Waals surface area contributed by atoms with Gasteiger partial charge < -0.3 is 14.5 Å². The smallest absolute Gasteiger partial charge is 0.224 e. The van der Waals surface area contributed by atoms with Crippen molar-refractivity contribution in [2.24, 2.45) is 0 Å². The number of hydrogen-bond donors (Lipinski definition) is 1. The minimum absolute atomic E-state index is 0.188. The highest BCUT2D eigenvalue weighted by Gasteiger charge is 2.08. The summed E-state index contributed by atoms with van der Waals surface area (Å²) in [6.07, 6.45) is 1.63. The molecule has 0 saturated carbocycles. The van der Waals surface area contributed by atoms with Gasteiger partial charge in [-0.2, -0.15) is 0 Å². The van der Waals surface area contributed by atoms with Gasteiger partial charge in [-0.25, -0.2) is 9.97 Å². The van der Waals surface area contributed by atoms with Crippen LogP contribution in [0.1, 0.15) is 5.76 Å². The fraction of sp³-hybridized carbons (Fsp3) is 0.143. The Morgan fingerprint density at radius 1 is 1.30 bits per heavy atom. The Balaban J connectivity index is 1.96. The van der Waals surface area contributed by atoms with Crippen LogP contribution in [0.3, 0.4) is 0 Å². The maximum Gasteiger partial charge on any atom is 0.224 e. The number of ether oxygens (including phenoxy) is 1. The lowest BCUT2D eigenvalue weighted by Gasteiger charge is -2.09. The van der Waals surface area contributed by atoms with Gasteiger partial charge in [-0.3, -0.25) is 0 Å². The summed E-state index contributed by atoms with van der Waals surface area (Å²) in [7, 11) is 1.61. The summed E-state index contributed by atoms with van der Waals surface area (Å²) < 4.78 is 10.5. The van der Waals surface area contributed by atoms with Crippen molar-refractivity contribution < 1.29 is 9.15 Å². The molecule has 0 radical (unpaired) electrons. The van der Waals surface area contributed by atoms with Crippen LogP contribution < -0.4 is 10.1 Å². The zero-order chi connectivity index (χ0) is 13.9. The van der Waals surface area contributed by atoms with Gasteiger partial charge in [-0.05, 0) is 35.9 Å². The Bertz CT molecular complexity index is 729. The number of halogens is 1. The maximum absolute atomic E-state index is 5.95. The second-order valence-electron chi connectivity index (χ2n) is 4.16. The number of anilines is 1. The van der Waals surface area contributed by atoms with E-state index in [2.05, 4.69) is 15.3 Å². The number of benzene rings is 1. The molecule has 5 nitrogen and oxygen atoms in total. The highest BCUT2D eigenvalue weighted by molar-refractivity contribution is 6.28. The Morgan fingerprint density at radius 3 is 2.95 bits per heavy atom. The lowest BCUT2D eigenvalue weighted by Crippen LogP contribution is -2.02. The van der Waals surface area contributed by atoms with Crippen molar-refractivity contribution in [3.05, 3.63) is 47.6 Å². The van der Waals surface area contributed by atoms with Crippen LogP contribution in [0.2, 0.25) is 5.28 Å². The molecule has 2 heterocycles. The van der Waals surface area contributed by atoms with Gasteiger partial charge in [0, 0.05) is 11.5 Å². The van der Waals surface area contributed by atoms with E-state index in [1.165, 1.54) is 0 Å². The molecule has 0 saturated heterocycles. The molecule has 102 valence electrons. The Morgan fingerprint density at radius 2 is 2.20 bits per heavy atom. The van der Waals surface area contributed by atoms with Crippen molar-refractivity contribution in [2.45, 2.75) is 6.54 Å². The highest BCUT2D eigenvalue weighted by Crippen LogP contribution is 2.26. The molecule has 1 aromatic carbocycles. The number of rotatable bonds is 4. The standard InChI is InChI=1S/C14H12ClN3O2/c1-19-9-4-5-11-12(7-9)17-14(15)18-13(11)16-8-10-3-2-6-20-10/h2-7H,8H2,1H3,(H,16,17,18). The number of aromatic nitrogens is 2. The third-order valence-corrected chi connectivity index (χ3v) is 3.06. The van der Waals surface area contributed by atoms with Crippen LogP contribution in [0.15, 0.2) is 41.0 Å². The summed E-state index contributed by atoms with van der Waals surface area (Å²) in [6, 6.07) is 9.31. The lowest BCUT2D eigenvalue weighted by molar-refractivity contribution is 0.415. The maximum atomic E-state index is 5.95. The average Bonchev–Trinajstić information content (AvgIpc) is 2.97. The molecule has 1 N–H and O–H groups in total. The van der Waals surface area contributed by atoms with Gasteiger partial charge in [0.1, 0.15) is 17.3 Å². The number of fused-ring (bicyclic) bond motifs is 1. The van der Waals surface area contributed by atoms with Gasteiger partial charge in [0.15, 0.2) is 0 Å². The minimum atomic E-state index is 0.188. The summed E-state index contributed by atoms with van der Waals surface area (Å²) >= 11 is 5.95. The van der Waals surface area contributed by atoms with E-state index in [0.29, 0.717) is 12.4 Å². The average molecular weight is 290 g/mol. The highest BCUT2D eigenvalue weighted by atomic mass is 35.5. The molecule has 0 atom stereocenters. The summed E-state index contributed by atoms with van der Waals surface area (Å²) in [5.74, 6) is 2.21. The van der Waals surface area contributed by atoms with Gasteiger partial charge in [0.2, 0.25) is 5.28 Å². The van der Waals surface area contributed by atoms with Gasteiger partial charge in [0.05, 0.1) is 25.4 Å². The molecule has 6 heteroatoms. The predicted molar refractivity (Wildman–Crippen MR) is 77.1 cm³/mol. The molecular weight excluding hydrogens is 278 g/mol. The fourth-order valence-electron chi connectivity index (χ4n) is 1.93. The second kappa shape index (κ2) is 5.38. The SMILES string of the molecule is COc1ccc2c(NCc3ccco3)nc(Cl)nc2c1. The summed E-state index contributed by atoms with van der Waals surface area (Å²) in [4.78, 5) is 8.42. The van der Waals surface area contributed by atoms with Gasteiger partial charge >= 0.3 is 0 Å². The van der Waals surface area contributed by atoms with Crippen LogP contribution in [-0.2, 0) is 6.54 Å². The molecule has 2 aromatic heterocycles. The normalized spacial score (nSPS) is 10.7. The minimum Gasteiger partial charge on any atom is -0.497 e. The molecule has 20 heavy (non-hydrogen) atoms. The number of methoxy groups -OCH3 is 1. The van der Waals surface area contributed by atoms with Crippen LogP contribution >= 0.6 is 11.6 Å². The van der Waals surface area contributed by atoms with Crippen molar-refractivity contribution in [1.29, 1.82) is 0 Å². The Kier molecular flexibility index (Phi) is 3.43. The molecule has 0 aliphatic rings. The fourth-order valence-corrected chi connectivity index (χ4v) is 2.10. The monoisotopic (exact) mass is 289 g/mol. The zero-order valence-electron chi connectivity index (χ0n) is 10.8. The van der Waals surface area contributed by atoms with Gasteiger partial charge in [0.25, 0.3) is 0 Å². The quantitative estimate of drug-likeness (QED) is 0.745. The zero-order valence-corrected chi connectivity index (χ0v) is 11.5. The molecule has 0 aliphatic heterocycles. The number of nitrogens with zero attached hydrogens (tertiary/aromatic N) is 2. The molecular formula is C14H12ClN3O2. The lowest BCUT2D eigenvalue weighted by atomic mass is 10.2. The van der Waals surface area contributed by atoms with Gasteiger partial charge in [-0.15, -0.1) is 0 Å². The predicted octanol–water partition coefficient (Wildman–Crippen LogP) is 3.50. The third-order valence-electron chi connectivity index (χ3n) is 2.89. The number of nitrogens with one attached hydrogen (secondary N) is 1. The van der Waals surface area contributed by atoms with E-state index in [4.69, 9.17) is 20.8 Å². The first-order chi connectivity index (χ1) is 9.76. The van der Waals surface area contributed by atoms with Crippen LogP contribution in [-0.4, -0.2) is 17.1 Å². The number of hydrogen-bond acceptors (Lipinski definition) is 5.